The van der Waals surface area contributed by atoms with E-state index >= 15 is 0 Å². The molecule has 1 aromatic rings. The lowest BCUT2D eigenvalue weighted by Gasteiger charge is -2.04. The summed E-state index contributed by atoms with van der Waals surface area (Å²) in [6.07, 6.45) is 1.78. The van der Waals surface area contributed by atoms with Crippen LogP contribution in [0.25, 0.3) is 0 Å². The van der Waals surface area contributed by atoms with E-state index in [4.69, 9.17) is 11.6 Å². The maximum absolute atomic E-state index is 12.8. The molecular formula is C12H15ClFNO. The van der Waals surface area contributed by atoms with Gasteiger partial charge in [0.2, 0.25) is 5.91 Å². The number of hydrogen-bond acceptors (Lipinski definition) is 1. The molecule has 0 saturated heterocycles. The van der Waals surface area contributed by atoms with E-state index in [0.717, 1.165) is 5.56 Å². The van der Waals surface area contributed by atoms with Crippen LogP contribution in [0, 0.1) is 5.82 Å². The number of carbonyl (C=O) groups excluding carboxylic acids is 1. The van der Waals surface area contributed by atoms with E-state index in [-0.39, 0.29) is 11.7 Å². The van der Waals surface area contributed by atoms with E-state index in [9.17, 15) is 9.18 Å². The van der Waals surface area contributed by atoms with Crippen LogP contribution in [0.15, 0.2) is 24.3 Å². The molecule has 0 aliphatic heterocycles. The topological polar surface area (TPSA) is 29.1 Å². The van der Waals surface area contributed by atoms with Gasteiger partial charge >= 0.3 is 0 Å². The zero-order valence-corrected chi connectivity index (χ0v) is 9.77. The normalized spacial score (nSPS) is 10.1. The average molecular weight is 244 g/mol. The van der Waals surface area contributed by atoms with Crippen molar-refractivity contribution in [2.75, 3.05) is 12.4 Å². The number of carbonyl (C=O) groups is 1. The molecule has 0 fully saturated rings. The van der Waals surface area contributed by atoms with Crippen molar-refractivity contribution in [3.8, 4) is 0 Å². The van der Waals surface area contributed by atoms with Crippen molar-refractivity contribution in [3.63, 3.8) is 0 Å². The molecule has 0 heterocycles. The summed E-state index contributed by atoms with van der Waals surface area (Å²) in [4.78, 5) is 11.2. The molecule has 0 bridgehead atoms. The largest absolute Gasteiger partial charge is 0.356 e. The van der Waals surface area contributed by atoms with Gasteiger partial charge in [-0.25, -0.2) is 4.39 Å². The number of amides is 1. The number of rotatable bonds is 6. The predicted molar refractivity (Wildman–Crippen MR) is 63.1 cm³/mol. The molecule has 0 atom stereocenters. The lowest BCUT2D eigenvalue weighted by Crippen LogP contribution is -2.25. The van der Waals surface area contributed by atoms with Crippen LogP contribution >= 0.6 is 11.6 Å². The molecule has 0 aliphatic carbocycles. The Kier molecular flexibility index (Phi) is 5.86. The summed E-state index contributed by atoms with van der Waals surface area (Å²) in [5.41, 5.74) is 0.887. The summed E-state index contributed by atoms with van der Waals surface area (Å²) >= 11 is 5.47. The lowest BCUT2D eigenvalue weighted by atomic mass is 10.1. The van der Waals surface area contributed by atoms with Crippen molar-refractivity contribution in [1.29, 1.82) is 0 Å². The Morgan fingerprint density at radius 2 is 2.25 bits per heavy atom. The van der Waals surface area contributed by atoms with E-state index in [1.165, 1.54) is 12.1 Å². The number of benzene rings is 1. The highest BCUT2D eigenvalue weighted by atomic mass is 35.5. The first-order valence-corrected chi connectivity index (χ1v) is 5.83. The minimum atomic E-state index is -0.244. The highest BCUT2D eigenvalue weighted by molar-refractivity contribution is 6.17. The minimum Gasteiger partial charge on any atom is -0.356 e. The molecule has 4 heteroatoms. The second kappa shape index (κ2) is 7.23. The zero-order valence-electron chi connectivity index (χ0n) is 9.01. The van der Waals surface area contributed by atoms with Crippen LogP contribution < -0.4 is 5.32 Å². The summed E-state index contributed by atoms with van der Waals surface area (Å²) in [6.45, 7) is 0.532. The van der Waals surface area contributed by atoms with Crippen LogP contribution in [0.2, 0.25) is 0 Å². The highest BCUT2D eigenvalue weighted by Crippen LogP contribution is 2.03. The van der Waals surface area contributed by atoms with Crippen molar-refractivity contribution in [1.82, 2.24) is 5.32 Å². The van der Waals surface area contributed by atoms with Gasteiger partial charge in [0.15, 0.2) is 0 Å². The molecule has 0 aliphatic rings. The van der Waals surface area contributed by atoms with Gasteiger partial charge in [-0.3, -0.25) is 4.79 Å². The van der Waals surface area contributed by atoms with Crippen LogP contribution in [-0.2, 0) is 11.2 Å². The van der Waals surface area contributed by atoms with Crippen LogP contribution in [0.4, 0.5) is 4.39 Å². The van der Waals surface area contributed by atoms with E-state index in [0.29, 0.717) is 31.7 Å². The molecular weight excluding hydrogens is 229 g/mol. The van der Waals surface area contributed by atoms with Gasteiger partial charge in [0, 0.05) is 18.8 Å². The molecule has 1 amide bonds. The molecule has 2 nitrogen and oxygen atoms in total. The van der Waals surface area contributed by atoms with E-state index in [1.807, 2.05) is 6.07 Å². The molecule has 1 rings (SSSR count). The summed E-state index contributed by atoms with van der Waals surface area (Å²) in [7, 11) is 0. The van der Waals surface area contributed by atoms with E-state index < -0.39 is 0 Å². The molecule has 88 valence electrons. The third-order valence-corrected chi connectivity index (χ3v) is 2.43. The molecule has 0 unspecified atom stereocenters. The standard InChI is InChI=1S/C12H15ClFNO/c13-7-2-5-12(16)15-8-6-10-3-1-4-11(14)9-10/h1,3-4,9H,2,5-8H2,(H,15,16). The fourth-order valence-electron chi connectivity index (χ4n) is 1.35. The van der Waals surface area contributed by atoms with Gasteiger partial charge in [0.25, 0.3) is 0 Å². The van der Waals surface area contributed by atoms with Gasteiger partial charge < -0.3 is 5.32 Å². The zero-order chi connectivity index (χ0) is 11.8. The first kappa shape index (κ1) is 13.0. The monoisotopic (exact) mass is 243 g/mol. The lowest BCUT2D eigenvalue weighted by molar-refractivity contribution is -0.121. The Hall–Kier alpha value is -1.09. The summed E-state index contributed by atoms with van der Waals surface area (Å²) in [6, 6.07) is 6.39. The van der Waals surface area contributed by atoms with Gasteiger partial charge in [0.05, 0.1) is 0 Å². The Morgan fingerprint density at radius 1 is 1.44 bits per heavy atom. The quantitative estimate of drug-likeness (QED) is 0.765. The third-order valence-electron chi connectivity index (χ3n) is 2.16. The summed E-state index contributed by atoms with van der Waals surface area (Å²) in [5, 5.41) is 2.77. The van der Waals surface area contributed by atoms with Crippen LogP contribution in [0.1, 0.15) is 18.4 Å². The van der Waals surface area contributed by atoms with E-state index in [2.05, 4.69) is 5.32 Å². The molecule has 0 radical (unpaired) electrons. The van der Waals surface area contributed by atoms with Crippen molar-refractivity contribution < 1.29 is 9.18 Å². The van der Waals surface area contributed by atoms with Gasteiger partial charge in [-0.2, -0.15) is 0 Å². The number of alkyl halides is 1. The summed E-state index contributed by atoms with van der Waals surface area (Å²) < 4.78 is 12.8. The van der Waals surface area contributed by atoms with E-state index in [1.54, 1.807) is 6.07 Å². The first-order chi connectivity index (χ1) is 7.72. The highest BCUT2D eigenvalue weighted by Gasteiger charge is 2.00. The second-order valence-corrected chi connectivity index (χ2v) is 3.90. The van der Waals surface area contributed by atoms with Crippen molar-refractivity contribution in [3.05, 3.63) is 35.6 Å². The Balaban J connectivity index is 2.22. The van der Waals surface area contributed by atoms with Crippen LogP contribution in [0.5, 0.6) is 0 Å². The van der Waals surface area contributed by atoms with Gasteiger partial charge in [-0.05, 0) is 30.5 Å². The maximum Gasteiger partial charge on any atom is 0.220 e. The van der Waals surface area contributed by atoms with Gasteiger partial charge in [-0.15, -0.1) is 11.6 Å². The Bertz CT molecular complexity index is 344. The molecule has 1 N–H and O–H groups in total. The number of nitrogens with one attached hydrogen (secondary N) is 1. The van der Waals surface area contributed by atoms with Gasteiger partial charge in [0.1, 0.15) is 5.82 Å². The summed E-state index contributed by atoms with van der Waals surface area (Å²) in [5.74, 6) is 0.250. The Morgan fingerprint density at radius 3 is 2.94 bits per heavy atom. The van der Waals surface area contributed by atoms with Crippen molar-refractivity contribution >= 4 is 17.5 Å². The minimum absolute atomic E-state index is 0.00273. The molecule has 0 spiro atoms. The predicted octanol–water partition coefficient (Wildman–Crippen LogP) is 2.50. The molecule has 16 heavy (non-hydrogen) atoms. The van der Waals surface area contributed by atoms with Gasteiger partial charge in [-0.1, -0.05) is 12.1 Å². The van der Waals surface area contributed by atoms with Crippen molar-refractivity contribution in [2.24, 2.45) is 0 Å². The number of hydrogen-bond donors (Lipinski definition) is 1. The third kappa shape index (κ3) is 5.12. The average Bonchev–Trinajstić information content (AvgIpc) is 2.26. The Labute approximate surface area is 99.8 Å². The molecule has 0 aromatic heterocycles. The molecule has 1 aromatic carbocycles. The maximum atomic E-state index is 12.8. The SMILES string of the molecule is O=C(CCCCl)NCCc1cccc(F)c1. The van der Waals surface area contributed by atoms with Crippen LogP contribution in [-0.4, -0.2) is 18.3 Å². The first-order valence-electron chi connectivity index (χ1n) is 5.29. The second-order valence-electron chi connectivity index (χ2n) is 3.52. The number of halogens is 2. The van der Waals surface area contributed by atoms with Crippen LogP contribution in [0.3, 0.4) is 0 Å². The smallest absolute Gasteiger partial charge is 0.220 e. The fourth-order valence-corrected chi connectivity index (χ4v) is 1.49. The fraction of sp³-hybridized carbons (Fsp3) is 0.417. The van der Waals surface area contributed by atoms with Crippen molar-refractivity contribution in [2.45, 2.75) is 19.3 Å². The molecule has 0 saturated carbocycles.